The van der Waals surface area contributed by atoms with Crippen molar-refractivity contribution < 1.29 is 4.21 Å². The molecular weight excluding hydrogens is 266 g/mol. The van der Waals surface area contributed by atoms with Crippen LogP contribution in [0.25, 0.3) is 0 Å². The summed E-state index contributed by atoms with van der Waals surface area (Å²) < 4.78 is 12.5. The second kappa shape index (κ2) is 7.37. The van der Waals surface area contributed by atoms with Crippen LogP contribution >= 0.6 is 0 Å². The lowest BCUT2D eigenvalue weighted by Crippen LogP contribution is -2.29. The van der Waals surface area contributed by atoms with Gasteiger partial charge in [-0.25, -0.2) is 0 Å². The summed E-state index contributed by atoms with van der Waals surface area (Å²) in [6.45, 7) is 12.8. The van der Waals surface area contributed by atoms with E-state index in [0.29, 0.717) is 11.7 Å². The summed E-state index contributed by atoms with van der Waals surface area (Å²) >= 11 is 0. The molecule has 114 valence electrons. The van der Waals surface area contributed by atoms with E-state index < -0.39 is 10.8 Å². The predicted octanol–water partition coefficient (Wildman–Crippen LogP) is 3.67. The molecule has 0 aromatic heterocycles. The minimum Gasteiger partial charge on any atom is -0.312 e. The molecule has 0 heterocycles. The van der Waals surface area contributed by atoms with Crippen LogP contribution in [0.2, 0.25) is 0 Å². The molecule has 0 aliphatic rings. The molecule has 0 saturated heterocycles. The molecule has 0 aliphatic heterocycles. The third-order valence-electron chi connectivity index (χ3n) is 4.12. The van der Waals surface area contributed by atoms with Crippen LogP contribution in [-0.2, 0) is 10.8 Å². The quantitative estimate of drug-likeness (QED) is 0.867. The van der Waals surface area contributed by atoms with Crippen LogP contribution in [0.4, 0.5) is 0 Å². The Balaban J connectivity index is 3.01. The maximum Gasteiger partial charge on any atom is 0.0439 e. The summed E-state index contributed by atoms with van der Waals surface area (Å²) in [4.78, 5) is 0. The lowest BCUT2D eigenvalue weighted by molar-refractivity contribution is 0.588. The first-order valence-corrected chi connectivity index (χ1v) is 8.78. The van der Waals surface area contributed by atoms with Gasteiger partial charge in [0.15, 0.2) is 0 Å². The Bertz CT molecular complexity index is 459. The highest BCUT2D eigenvalue weighted by molar-refractivity contribution is 7.85. The van der Waals surface area contributed by atoms with Crippen molar-refractivity contribution in [3.63, 3.8) is 0 Å². The molecule has 0 saturated carbocycles. The number of hydrogen-bond acceptors (Lipinski definition) is 2. The summed E-state index contributed by atoms with van der Waals surface area (Å²) in [6, 6.07) is 4.58. The molecule has 0 spiro atoms. The molecule has 0 amide bonds. The van der Waals surface area contributed by atoms with Crippen molar-refractivity contribution in [3.8, 4) is 0 Å². The Morgan fingerprint density at radius 3 is 2.00 bits per heavy atom. The molecular formula is C17H29NOS. The fourth-order valence-electron chi connectivity index (χ4n) is 2.67. The fourth-order valence-corrected chi connectivity index (χ4v) is 4.24. The van der Waals surface area contributed by atoms with Gasteiger partial charge in [-0.1, -0.05) is 38.5 Å². The Morgan fingerprint density at radius 2 is 1.60 bits per heavy atom. The van der Waals surface area contributed by atoms with Gasteiger partial charge in [0, 0.05) is 27.8 Å². The van der Waals surface area contributed by atoms with Gasteiger partial charge in [-0.15, -0.1) is 0 Å². The van der Waals surface area contributed by atoms with Gasteiger partial charge in [0.1, 0.15) is 0 Å². The summed E-state index contributed by atoms with van der Waals surface area (Å²) in [6.07, 6.45) is 0. The van der Waals surface area contributed by atoms with Gasteiger partial charge >= 0.3 is 0 Å². The average molecular weight is 295 g/mol. The summed E-state index contributed by atoms with van der Waals surface area (Å²) in [5.41, 5.74) is 5.17. The molecule has 3 atom stereocenters. The van der Waals surface area contributed by atoms with E-state index in [2.05, 4.69) is 59.0 Å². The molecule has 3 heteroatoms. The van der Waals surface area contributed by atoms with Crippen molar-refractivity contribution >= 4 is 10.8 Å². The SMILES string of the molecule is CNC(CS(=O)C(C)C(C)C)c1c(C)cc(C)cc1C. The van der Waals surface area contributed by atoms with Gasteiger partial charge in [-0.05, 0) is 50.4 Å². The first-order chi connectivity index (χ1) is 9.27. The Labute approximate surface area is 126 Å². The smallest absolute Gasteiger partial charge is 0.0439 e. The lowest BCUT2D eigenvalue weighted by Gasteiger charge is -2.24. The zero-order valence-electron chi connectivity index (χ0n) is 13.9. The van der Waals surface area contributed by atoms with E-state index in [0.717, 1.165) is 0 Å². The van der Waals surface area contributed by atoms with E-state index in [4.69, 9.17) is 0 Å². The van der Waals surface area contributed by atoms with E-state index in [-0.39, 0.29) is 11.3 Å². The zero-order chi connectivity index (χ0) is 15.4. The fraction of sp³-hybridized carbons (Fsp3) is 0.647. The van der Waals surface area contributed by atoms with Crippen LogP contribution in [0.1, 0.15) is 49.1 Å². The number of aryl methyl sites for hydroxylation is 3. The largest absolute Gasteiger partial charge is 0.312 e. The Kier molecular flexibility index (Phi) is 6.41. The van der Waals surface area contributed by atoms with E-state index in [9.17, 15) is 4.21 Å². The van der Waals surface area contributed by atoms with Crippen molar-refractivity contribution in [2.75, 3.05) is 12.8 Å². The van der Waals surface area contributed by atoms with Crippen molar-refractivity contribution in [3.05, 3.63) is 34.4 Å². The minimum atomic E-state index is -0.810. The number of benzene rings is 1. The second-order valence-electron chi connectivity index (χ2n) is 6.15. The van der Waals surface area contributed by atoms with E-state index in [1.165, 1.54) is 22.3 Å². The molecule has 3 unspecified atom stereocenters. The highest BCUT2D eigenvalue weighted by Crippen LogP contribution is 2.25. The first-order valence-electron chi connectivity index (χ1n) is 7.40. The van der Waals surface area contributed by atoms with E-state index >= 15 is 0 Å². The monoisotopic (exact) mass is 295 g/mol. The van der Waals surface area contributed by atoms with Gasteiger partial charge in [0.2, 0.25) is 0 Å². The topological polar surface area (TPSA) is 29.1 Å². The van der Waals surface area contributed by atoms with Gasteiger partial charge < -0.3 is 5.32 Å². The number of nitrogens with one attached hydrogen (secondary N) is 1. The first kappa shape index (κ1) is 17.4. The van der Waals surface area contributed by atoms with E-state index in [1.807, 2.05) is 7.05 Å². The Hall–Kier alpha value is -0.670. The van der Waals surface area contributed by atoms with Crippen molar-refractivity contribution in [2.24, 2.45) is 5.92 Å². The third kappa shape index (κ3) is 4.16. The zero-order valence-corrected chi connectivity index (χ0v) is 14.7. The van der Waals surface area contributed by atoms with Crippen LogP contribution in [0.3, 0.4) is 0 Å². The van der Waals surface area contributed by atoms with E-state index in [1.54, 1.807) is 0 Å². The molecule has 2 nitrogen and oxygen atoms in total. The van der Waals surface area contributed by atoms with Gasteiger partial charge in [-0.3, -0.25) is 4.21 Å². The van der Waals surface area contributed by atoms with Crippen molar-refractivity contribution in [1.29, 1.82) is 0 Å². The standard InChI is InChI=1S/C17H29NOS/c1-11(2)15(6)20(19)10-16(18-7)17-13(4)8-12(3)9-14(17)5/h8-9,11,15-16,18H,10H2,1-7H3. The van der Waals surface area contributed by atoms with Gasteiger partial charge in [-0.2, -0.15) is 0 Å². The molecule has 0 aliphatic carbocycles. The molecule has 0 fully saturated rings. The van der Waals surface area contributed by atoms with Crippen molar-refractivity contribution in [2.45, 2.75) is 52.8 Å². The maximum absolute atomic E-state index is 12.5. The second-order valence-corrected chi connectivity index (χ2v) is 7.99. The molecule has 1 aromatic carbocycles. The number of rotatable bonds is 6. The molecule has 0 bridgehead atoms. The Morgan fingerprint density at radius 1 is 1.10 bits per heavy atom. The normalized spacial score (nSPS) is 16.2. The highest BCUT2D eigenvalue weighted by atomic mass is 32.2. The van der Waals surface area contributed by atoms with Gasteiger partial charge in [0.25, 0.3) is 0 Å². The van der Waals surface area contributed by atoms with Crippen molar-refractivity contribution in [1.82, 2.24) is 5.32 Å². The van der Waals surface area contributed by atoms with Crippen LogP contribution in [-0.4, -0.2) is 22.3 Å². The summed E-state index contributed by atoms with van der Waals surface area (Å²) in [5, 5.41) is 3.58. The summed E-state index contributed by atoms with van der Waals surface area (Å²) in [7, 11) is 1.15. The minimum absolute atomic E-state index is 0.164. The average Bonchev–Trinajstić information content (AvgIpc) is 2.34. The summed E-state index contributed by atoms with van der Waals surface area (Å²) in [5.74, 6) is 1.13. The molecule has 1 N–H and O–H groups in total. The maximum atomic E-state index is 12.5. The van der Waals surface area contributed by atoms with Gasteiger partial charge in [0.05, 0.1) is 0 Å². The molecule has 1 aromatic rings. The van der Waals surface area contributed by atoms with Crippen LogP contribution in [0.5, 0.6) is 0 Å². The number of hydrogen-bond donors (Lipinski definition) is 1. The molecule has 1 rings (SSSR count). The molecule has 0 radical (unpaired) electrons. The van der Waals surface area contributed by atoms with Crippen LogP contribution in [0.15, 0.2) is 12.1 Å². The van der Waals surface area contributed by atoms with Crippen LogP contribution < -0.4 is 5.32 Å². The van der Waals surface area contributed by atoms with Crippen LogP contribution in [0, 0.1) is 26.7 Å². The predicted molar refractivity (Wildman–Crippen MR) is 89.8 cm³/mol. The highest BCUT2D eigenvalue weighted by Gasteiger charge is 2.22. The third-order valence-corrected chi connectivity index (χ3v) is 6.15. The molecule has 20 heavy (non-hydrogen) atoms. The lowest BCUT2D eigenvalue weighted by atomic mass is 9.95.